The second-order valence-corrected chi connectivity index (χ2v) is 4.60. The molecule has 0 atom stereocenters. The molecule has 1 fully saturated rings. The third kappa shape index (κ3) is 1.99. The van der Waals surface area contributed by atoms with Crippen molar-refractivity contribution < 1.29 is 14.0 Å². The zero-order valence-corrected chi connectivity index (χ0v) is 10.3. The molecule has 2 heterocycles. The van der Waals surface area contributed by atoms with Crippen LogP contribution in [0.1, 0.15) is 29.0 Å². The van der Waals surface area contributed by atoms with Crippen molar-refractivity contribution in [3.05, 3.63) is 35.6 Å². The molecule has 3 rings (SSSR count). The van der Waals surface area contributed by atoms with E-state index in [0.29, 0.717) is 18.9 Å². The van der Waals surface area contributed by atoms with Crippen LogP contribution in [0.15, 0.2) is 28.7 Å². The highest BCUT2D eigenvalue weighted by Crippen LogP contribution is 2.22. The summed E-state index contributed by atoms with van der Waals surface area (Å²) in [5.74, 6) is 0.154. The summed E-state index contributed by atoms with van der Waals surface area (Å²) in [7, 11) is 0. The summed E-state index contributed by atoms with van der Waals surface area (Å²) in [5, 5.41) is 2.35. The predicted octanol–water partition coefficient (Wildman–Crippen LogP) is 2.91. The monoisotopic (exact) mass is 245 g/mol. The van der Waals surface area contributed by atoms with Gasteiger partial charge in [0.1, 0.15) is 5.58 Å². The largest absolute Gasteiger partial charge is 0.451 e. The Morgan fingerprint density at radius 2 is 2.17 bits per heavy atom. The molecular weight excluding hydrogens is 230 g/mol. The summed E-state index contributed by atoms with van der Waals surface area (Å²) in [4.78, 5) is 17.5. The van der Waals surface area contributed by atoms with Gasteiger partial charge >= 0.3 is 5.91 Å². The number of hydrogen-bond acceptors (Lipinski definition) is 3. The first-order chi connectivity index (χ1) is 8.74. The minimum atomic E-state index is -0.191. The molecule has 18 heavy (non-hydrogen) atoms. The fourth-order valence-corrected chi connectivity index (χ4v) is 2.15. The highest BCUT2D eigenvalue weighted by molar-refractivity contribution is 5.95. The van der Waals surface area contributed by atoms with Crippen LogP contribution in [0.5, 0.6) is 0 Å². The molecule has 0 saturated carbocycles. The average Bonchev–Trinajstić information content (AvgIpc) is 2.81. The molecule has 0 unspecified atom stereocenters. The number of furan rings is 1. The zero-order valence-electron chi connectivity index (χ0n) is 10.3. The number of rotatable bonds is 1. The third-order valence-electron chi connectivity index (χ3n) is 3.11. The molecule has 0 N–H and O–H groups in total. The van der Waals surface area contributed by atoms with Crippen molar-refractivity contribution in [1.29, 1.82) is 0 Å². The molecule has 1 aliphatic heterocycles. The first-order valence-corrected chi connectivity index (χ1v) is 6.19. The Labute approximate surface area is 105 Å². The second-order valence-electron chi connectivity index (χ2n) is 4.60. The Bertz CT molecular complexity index is 582. The molecule has 1 aliphatic rings. The second kappa shape index (κ2) is 4.46. The Hall–Kier alpha value is -1.81. The van der Waals surface area contributed by atoms with Crippen molar-refractivity contribution in [3.8, 4) is 0 Å². The molecule has 0 bridgehead atoms. The maximum Gasteiger partial charge on any atom is 0.313 e. The number of carbonyl (C=O) groups excluding carboxylic acids is 1. The van der Waals surface area contributed by atoms with Crippen LogP contribution in [0.2, 0.25) is 0 Å². The molecule has 0 radical (unpaired) electrons. The lowest BCUT2D eigenvalue weighted by molar-refractivity contribution is -0.145. The Morgan fingerprint density at radius 3 is 2.94 bits per heavy atom. The first kappa shape index (κ1) is 11.3. The van der Waals surface area contributed by atoms with E-state index in [9.17, 15) is 4.79 Å². The van der Waals surface area contributed by atoms with Crippen molar-refractivity contribution in [2.75, 3.05) is 13.2 Å². The van der Waals surface area contributed by atoms with Gasteiger partial charge in [0.25, 0.3) is 0 Å². The molecule has 1 amide bonds. The molecule has 1 saturated heterocycles. The number of nitrogens with zero attached hydrogens (tertiary/aromatic N) is 1. The van der Waals surface area contributed by atoms with E-state index in [1.165, 1.54) is 5.06 Å². The standard InChI is InChI=1S/C14H15NO3/c1-10-4-5-12-11(8-10)9-13(18-12)14(16)15-6-2-3-7-17-15/h4-5,8-9H,2-3,6-7H2,1H3. The van der Waals surface area contributed by atoms with Gasteiger partial charge in [0.05, 0.1) is 6.61 Å². The van der Waals surface area contributed by atoms with Crippen LogP contribution >= 0.6 is 0 Å². The summed E-state index contributed by atoms with van der Waals surface area (Å²) in [6.45, 7) is 3.25. The van der Waals surface area contributed by atoms with E-state index in [1.54, 1.807) is 6.07 Å². The van der Waals surface area contributed by atoms with Crippen molar-refractivity contribution in [2.45, 2.75) is 19.8 Å². The van der Waals surface area contributed by atoms with Crippen LogP contribution in [-0.4, -0.2) is 24.1 Å². The van der Waals surface area contributed by atoms with Gasteiger partial charge in [-0.25, -0.2) is 5.06 Å². The van der Waals surface area contributed by atoms with Crippen molar-refractivity contribution in [1.82, 2.24) is 5.06 Å². The Morgan fingerprint density at radius 1 is 1.28 bits per heavy atom. The number of carbonyl (C=O) groups is 1. The molecule has 94 valence electrons. The zero-order chi connectivity index (χ0) is 12.5. The topological polar surface area (TPSA) is 42.7 Å². The van der Waals surface area contributed by atoms with Gasteiger partial charge in [-0.1, -0.05) is 11.6 Å². The summed E-state index contributed by atoms with van der Waals surface area (Å²) < 4.78 is 5.57. The average molecular weight is 245 g/mol. The summed E-state index contributed by atoms with van der Waals surface area (Å²) in [6.07, 6.45) is 1.98. The van der Waals surface area contributed by atoms with Crippen LogP contribution < -0.4 is 0 Å². The summed E-state index contributed by atoms with van der Waals surface area (Å²) in [5.41, 5.74) is 1.89. The maximum atomic E-state index is 12.2. The van der Waals surface area contributed by atoms with Crippen LogP contribution in [0.25, 0.3) is 11.0 Å². The maximum absolute atomic E-state index is 12.2. The molecule has 1 aromatic carbocycles. The summed E-state index contributed by atoms with van der Waals surface area (Å²) in [6, 6.07) is 7.64. The van der Waals surface area contributed by atoms with Gasteiger partial charge in [-0.05, 0) is 38.0 Å². The van der Waals surface area contributed by atoms with Gasteiger partial charge < -0.3 is 4.42 Å². The van der Waals surface area contributed by atoms with Crippen LogP contribution in [0.3, 0.4) is 0 Å². The molecule has 2 aromatic rings. The van der Waals surface area contributed by atoms with Crippen molar-refractivity contribution >= 4 is 16.9 Å². The van der Waals surface area contributed by atoms with Crippen LogP contribution in [-0.2, 0) is 4.84 Å². The van der Waals surface area contributed by atoms with Crippen LogP contribution in [0.4, 0.5) is 0 Å². The minimum absolute atomic E-state index is 0.191. The highest BCUT2D eigenvalue weighted by Gasteiger charge is 2.22. The van der Waals surface area contributed by atoms with Crippen molar-refractivity contribution in [2.24, 2.45) is 0 Å². The van der Waals surface area contributed by atoms with Crippen LogP contribution in [0, 0.1) is 6.92 Å². The lowest BCUT2D eigenvalue weighted by Gasteiger charge is -2.24. The SMILES string of the molecule is Cc1ccc2oc(C(=O)N3CCCCO3)cc2c1. The number of amides is 1. The lowest BCUT2D eigenvalue weighted by atomic mass is 10.2. The van der Waals surface area contributed by atoms with Gasteiger partial charge in [-0.15, -0.1) is 0 Å². The van der Waals surface area contributed by atoms with Gasteiger partial charge in [0.15, 0.2) is 5.76 Å². The van der Waals surface area contributed by atoms with Crippen molar-refractivity contribution in [3.63, 3.8) is 0 Å². The van der Waals surface area contributed by atoms with E-state index in [0.717, 1.165) is 29.4 Å². The number of hydrogen-bond donors (Lipinski definition) is 0. The van der Waals surface area contributed by atoms with Gasteiger partial charge in [0, 0.05) is 11.9 Å². The van der Waals surface area contributed by atoms with E-state index in [4.69, 9.17) is 9.25 Å². The fourth-order valence-electron chi connectivity index (χ4n) is 2.15. The molecule has 0 spiro atoms. The number of benzene rings is 1. The van der Waals surface area contributed by atoms with E-state index >= 15 is 0 Å². The third-order valence-corrected chi connectivity index (χ3v) is 3.11. The van der Waals surface area contributed by atoms with Gasteiger partial charge in [0.2, 0.25) is 0 Å². The molecular formula is C14H15NO3. The Kier molecular flexibility index (Phi) is 2.80. The van der Waals surface area contributed by atoms with Gasteiger partial charge in [-0.2, -0.15) is 0 Å². The fraction of sp³-hybridized carbons (Fsp3) is 0.357. The molecule has 4 nitrogen and oxygen atoms in total. The predicted molar refractivity (Wildman–Crippen MR) is 67.2 cm³/mol. The molecule has 1 aromatic heterocycles. The summed E-state index contributed by atoms with van der Waals surface area (Å²) >= 11 is 0. The van der Waals surface area contributed by atoms with Gasteiger partial charge in [-0.3, -0.25) is 9.63 Å². The quantitative estimate of drug-likeness (QED) is 0.775. The molecule has 4 heteroatoms. The van der Waals surface area contributed by atoms with E-state index < -0.39 is 0 Å². The molecule has 0 aliphatic carbocycles. The van der Waals surface area contributed by atoms with E-state index in [1.807, 2.05) is 25.1 Å². The minimum Gasteiger partial charge on any atom is -0.451 e. The number of aryl methyl sites for hydroxylation is 1. The number of hydroxylamine groups is 2. The highest BCUT2D eigenvalue weighted by atomic mass is 16.7. The lowest BCUT2D eigenvalue weighted by Crippen LogP contribution is -2.35. The van der Waals surface area contributed by atoms with E-state index in [2.05, 4.69) is 0 Å². The Balaban J connectivity index is 1.91. The smallest absolute Gasteiger partial charge is 0.313 e. The first-order valence-electron chi connectivity index (χ1n) is 6.19. The van der Waals surface area contributed by atoms with E-state index in [-0.39, 0.29) is 5.91 Å². The normalized spacial score (nSPS) is 16.2. The number of fused-ring (bicyclic) bond motifs is 1.